The minimum absolute atomic E-state index is 0. The summed E-state index contributed by atoms with van der Waals surface area (Å²) in [7, 11) is 0. The van der Waals surface area contributed by atoms with Gasteiger partial charge in [-0.3, -0.25) is 0 Å². The van der Waals surface area contributed by atoms with E-state index in [0.717, 1.165) is 28.4 Å². The summed E-state index contributed by atoms with van der Waals surface area (Å²) in [6, 6.07) is 11.6. The van der Waals surface area contributed by atoms with E-state index in [2.05, 4.69) is 18.2 Å². The van der Waals surface area contributed by atoms with Crippen LogP contribution in [0.3, 0.4) is 0 Å². The lowest BCUT2D eigenvalue weighted by molar-refractivity contribution is -0.482. The number of para-hydroxylation sites is 1. The van der Waals surface area contributed by atoms with E-state index in [9.17, 15) is 5.11 Å². The van der Waals surface area contributed by atoms with Gasteiger partial charge in [0.05, 0.1) is 10.9 Å². The highest BCUT2D eigenvalue weighted by Gasteiger charge is 2.22. The van der Waals surface area contributed by atoms with Crippen molar-refractivity contribution < 1.29 is 21.9 Å². The molecular weight excluding hydrogens is 305 g/mol. The molecule has 0 atom stereocenters. The van der Waals surface area contributed by atoms with Crippen LogP contribution < -0.4 is 16.8 Å². The van der Waals surface area contributed by atoms with Crippen molar-refractivity contribution in [3.05, 3.63) is 53.2 Å². The molecule has 1 N–H and O–H groups in total. The maximum Gasteiger partial charge on any atom is 0.240 e. The van der Waals surface area contributed by atoms with Gasteiger partial charge in [-0.2, -0.15) is 4.40 Å². The highest BCUT2D eigenvalue weighted by molar-refractivity contribution is 6.34. The molecule has 2 aromatic heterocycles. The van der Waals surface area contributed by atoms with Crippen molar-refractivity contribution in [2.75, 3.05) is 0 Å². The Balaban J connectivity index is 0.00000161. The second-order valence-corrected chi connectivity index (χ2v) is 5.92. The normalized spacial score (nSPS) is 11.0. The summed E-state index contributed by atoms with van der Waals surface area (Å²) in [6.07, 6.45) is 2.83. The second-order valence-electron chi connectivity index (χ2n) is 5.52. The average molecular weight is 322 g/mol. The Bertz CT molecular complexity index is 799. The third-order valence-corrected chi connectivity index (χ3v) is 3.86. The number of benzene rings is 1. The van der Waals surface area contributed by atoms with Crippen molar-refractivity contribution in [1.82, 2.24) is 0 Å². The second kappa shape index (κ2) is 6.08. The fraction of sp³-hybridized carbons (Fsp3) is 0.235. The number of aromatic hydroxyl groups is 1. The van der Waals surface area contributed by atoms with E-state index in [0.29, 0.717) is 16.7 Å². The SMILES string of the molecule is CC(C)Cc1c(O)c2cccc(Cl)c2[n+]2ccccc12.[Cl-]. The Labute approximate surface area is 135 Å². The Hall–Kier alpha value is -1.51. The number of rotatable bonds is 2. The van der Waals surface area contributed by atoms with E-state index in [4.69, 9.17) is 11.6 Å². The molecule has 3 rings (SSSR count). The Morgan fingerprint density at radius 1 is 1.14 bits per heavy atom. The van der Waals surface area contributed by atoms with E-state index in [1.807, 2.05) is 42.6 Å². The summed E-state index contributed by atoms with van der Waals surface area (Å²) < 4.78 is 2.06. The molecule has 0 aliphatic heterocycles. The molecule has 2 heterocycles. The van der Waals surface area contributed by atoms with Crippen LogP contribution in [0.25, 0.3) is 16.4 Å². The average Bonchev–Trinajstić information content (AvgIpc) is 2.43. The van der Waals surface area contributed by atoms with Crippen molar-refractivity contribution in [3.63, 3.8) is 0 Å². The molecule has 0 radical (unpaired) electrons. The van der Waals surface area contributed by atoms with E-state index in [1.165, 1.54) is 0 Å². The van der Waals surface area contributed by atoms with Gasteiger partial charge in [-0.15, -0.1) is 0 Å². The fourth-order valence-corrected chi connectivity index (χ4v) is 2.99. The number of aromatic nitrogens is 1. The van der Waals surface area contributed by atoms with Gasteiger partial charge >= 0.3 is 0 Å². The highest BCUT2D eigenvalue weighted by atomic mass is 35.5. The molecule has 1 aromatic carbocycles. The molecule has 0 bridgehead atoms. The minimum Gasteiger partial charge on any atom is -1.00 e. The predicted octanol–water partition coefficient (Wildman–Crippen LogP) is 1.14. The molecule has 0 amide bonds. The maximum absolute atomic E-state index is 10.6. The number of halogens is 2. The molecule has 0 aliphatic rings. The zero-order chi connectivity index (χ0) is 14.3. The van der Waals surface area contributed by atoms with Gasteiger partial charge in [-0.05, 0) is 30.5 Å². The lowest BCUT2D eigenvalue weighted by Gasteiger charge is -2.10. The Kier molecular flexibility index (Phi) is 4.60. The number of fused-ring (bicyclic) bond motifs is 3. The molecule has 2 nitrogen and oxygen atoms in total. The summed E-state index contributed by atoms with van der Waals surface area (Å²) in [5, 5.41) is 12.1. The van der Waals surface area contributed by atoms with Gasteiger partial charge in [0, 0.05) is 12.1 Å². The predicted molar refractivity (Wildman–Crippen MR) is 82.3 cm³/mol. The zero-order valence-electron chi connectivity index (χ0n) is 12.0. The van der Waals surface area contributed by atoms with Gasteiger partial charge in [-0.1, -0.05) is 31.5 Å². The topological polar surface area (TPSA) is 24.3 Å². The Morgan fingerprint density at radius 2 is 1.90 bits per heavy atom. The smallest absolute Gasteiger partial charge is 0.240 e. The van der Waals surface area contributed by atoms with Crippen LogP contribution in [0.15, 0.2) is 42.6 Å². The number of hydrogen-bond acceptors (Lipinski definition) is 1. The molecule has 0 saturated carbocycles. The van der Waals surface area contributed by atoms with E-state index in [-0.39, 0.29) is 12.4 Å². The summed E-state index contributed by atoms with van der Waals surface area (Å²) in [4.78, 5) is 0. The molecule has 4 heteroatoms. The lowest BCUT2D eigenvalue weighted by atomic mass is 9.99. The van der Waals surface area contributed by atoms with Crippen LogP contribution in [0, 0.1) is 5.92 Å². The number of hydrogen-bond donors (Lipinski definition) is 1. The summed E-state index contributed by atoms with van der Waals surface area (Å²) in [6.45, 7) is 4.31. The molecule has 0 aliphatic carbocycles. The van der Waals surface area contributed by atoms with Gasteiger partial charge < -0.3 is 17.5 Å². The van der Waals surface area contributed by atoms with E-state index >= 15 is 0 Å². The van der Waals surface area contributed by atoms with Gasteiger partial charge in [0.25, 0.3) is 0 Å². The van der Waals surface area contributed by atoms with Crippen molar-refractivity contribution in [2.45, 2.75) is 20.3 Å². The van der Waals surface area contributed by atoms with Crippen LogP contribution in [-0.4, -0.2) is 5.11 Å². The van der Waals surface area contributed by atoms with Crippen LogP contribution in [0.1, 0.15) is 19.4 Å². The van der Waals surface area contributed by atoms with Gasteiger partial charge in [-0.25, -0.2) is 0 Å². The third-order valence-electron chi connectivity index (χ3n) is 3.55. The molecule has 0 unspecified atom stereocenters. The molecule has 0 fully saturated rings. The van der Waals surface area contributed by atoms with Crippen molar-refractivity contribution in [1.29, 1.82) is 0 Å². The fourth-order valence-electron chi connectivity index (χ4n) is 2.73. The van der Waals surface area contributed by atoms with E-state index < -0.39 is 0 Å². The first-order valence-corrected chi connectivity index (χ1v) is 7.20. The van der Waals surface area contributed by atoms with Crippen LogP contribution in [-0.2, 0) is 6.42 Å². The molecule has 3 aromatic rings. The molecular formula is C17H17Cl2NO. The molecule has 21 heavy (non-hydrogen) atoms. The van der Waals surface area contributed by atoms with Gasteiger partial charge in [0.1, 0.15) is 10.8 Å². The first-order chi connectivity index (χ1) is 9.59. The quantitative estimate of drug-likeness (QED) is 0.555. The van der Waals surface area contributed by atoms with Gasteiger partial charge in [0.2, 0.25) is 11.0 Å². The van der Waals surface area contributed by atoms with Crippen LogP contribution in [0.4, 0.5) is 0 Å². The first-order valence-electron chi connectivity index (χ1n) is 6.82. The largest absolute Gasteiger partial charge is 1.00 e. The lowest BCUT2D eigenvalue weighted by Crippen LogP contribution is -3.00. The van der Waals surface area contributed by atoms with E-state index in [1.54, 1.807) is 0 Å². The number of pyridine rings is 2. The van der Waals surface area contributed by atoms with Crippen molar-refractivity contribution >= 4 is 28.0 Å². The van der Waals surface area contributed by atoms with Crippen LogP contribution in [0.5, 0.6) is 5.75 Å². The monoisotopic (exact) mass is 321 g/mol. The summed E-state index contributed by atoms with van der Waals surface area (Å²) in [5.41, 5.74) is 2.85. The molecule has 110 valence electrons. The maximum atomic E-state index is 10.6. The van der Waals surface area contributed by atoms with Crippen LogP contribution >= 0.6 is 11.6 Å². The van der Waals surface area contributed by atoms with Crippen molar-refractivity contribution in [2.24, 2.45) is 5.92 Å². The molecule has 0 spiro atoms. The van der Waals surface area contributed by atoms with Gasteiger partial charge in [0.15, 0.2) is 6.20 Å². The number of nitrogens with zero attached hydrogens (tertiary/aromatic N) is 1. The summed E-state index contributed by atoms with van der Waals surface area (Å²) in [5.74, 6) is 0.823. The molecule has 0 saturated heterocycles. The first kappa shape index (κ1) is 15.9. The zero-order valence-corrected chi connectivity index (χ0v) is 13.5. The summed E-state index contributed by atoms with van der Waals surface area (Å²) >= 11 is 6.33. The third kappa shape index (κ3) is 2.66. The van der Waals surface area contributed by atoms with Crippen LogP contribution in [0.2, 0.25) is 5.02 Å². The highest BCUT2D eigenvalue weighted by Crippen LogP contribution is 2.33. The standard InChI is InChI=1S/C17H16ClNO.ClH/c1-11(2)10-13-15-8-3-4-9-19(15)16-12(17(13)20)6-5-7-14(16)18;/h3-9,11H,10H2,1-2H3;1H. The minimum atomic E-state index is 0. The Morgan fingerprint density at radius 3 is 2.62 bits per heavy atom. The van der Waals surface area contributed by atoms with Crippen molar-refractivity contribution in [3.8, 4) is 5.75 Å².